The molecule has 1 aromatic carbocycles. The number of hydrogen-bond donors (Lipinski definition) is 1. The van der Waals surface area contributed by atoms with Crippen molar-refractivity contribution in [2.24, 2.45) is 11.7 Å². The second-order valence-corrected chi connectivity index (χ2v) is 6.20. The van der Waals surface area contributed by atoms with E-state index in [0.717, 1.165) is 18.2 Å². The number of benzene rings is 1. The Bertz CT molecular complexity index is 398. The largest absolute Gasteiger partial charge is 0.494 e. The number of nitrogens with zero attached hydrogens (tertiary/aromatic N) is 1. The molecule has 1 aromatic rings. The van der Waals surface area contributed by atoms with Gasteiger partial charge in [-0.1, -0.05) is 31.4 Å². The lowest BCUT2D eigenvalue weighted by molar-refractivity contribution is 0.185. The maximum atomic E-state index is 6.03. The zero-order chi connectivity index (χ0) is 15.1. The van der Waals surface area contributed by atoms with Crippen LogP contribution in [0.1, 0.15) is 50.6 Å². The first kappa shape index (κ1) is 16.3. The van der Waals surface area contributed by atoms with Crippen molar-refractivity contribution in [2.75, 3.05) is 26.7 Å². The van der Waals surface area contributed by atoms with Gasteiger partial charge in [0.25, 0.3) is 0 Å². The molecule has 0 radical (unpaired) electrons. The summed E-state index contributed by atoms with van der Waals surface area (Å²) in [6.07, 6.45) is 6.97. The van der Waals surface area contributed by atoms with E-state index < -0.39 is 0 Å². The molecule has 118 valence electrons. The van der Waals surface area contributed by atoms with Gasteiger partial charge in [0.15, 0.2) is 0 Å². The van der Waals surface area contributed by atoms with Crippen LogP contribution in [-0.4, -0.2) is 31.6 Å². The molecule has 3 nitrogen and oxygen atoms in total. The number of likely N-dealkylation sites (N-methyl/N-ethyl adjacent to an activating group) is 1. The van der Waals surface area contributed by atoms with Crippen LogP contribution in [0, 0.1) is 5.92 Å². The number of nitrogens with two attached hydrogens (primary N) is 1. The summed E-state index contributed by atoms with van der Waals surface area (Å²) in [5, 5.41) is 0. The number of rotatable bonds is 7. The van der Waals surface area contributed by atoms with Gasteiger partial charge in [-0.2, -0.15) is 0 Å². The minimum absolute atomic E-state index is 0.308. The normalized spacial score (nSPS) is 17.9. The van der Waals surface area contributed by atoms with Gasteiger partial charge in [-0.3, -0.25) is 4.90 Å². The highest BCUT2D eigenvalue weighted by atomic mass is 16.5. The molecule has 0 bridgehead atoms. The zero-order valence-electron chi connectivity index (χ0n) is 13.6. The average Bonchev–Trinajstić information content (AvgIpc) is 2.51. The molecule has 2 rings (SSSR count). The summed E-state index contributed by atoms with van der Waals surface area (Å²) in [5.74, 6) is 1.78. The first-order valence-corrected chi connectivity index (χ1v) is 8.37. The predicted molar refractivity (Wildman–Crippen MR) is 88.6 cm³/mol. The molecule has 1 unspecified atom stereocenters. The molecule has 1 aliphatic carbocycles. The third-order valence-corrected chi connectivity index (χ3v) is 4.60. The van der Waals surface area contributed by atoms with Crippen LogP contribution in [0.4, 0.5) is 0 Å². The lowest BCUT2D eigenvalue weighted by atomic mass is 9.88. The van der Waals surface area contributed by atoms with E-state index in [0.29, 0.717) is 19.2 Å². The Morgan fingerprint density at radius 3 is 2.43 bits per heavy atom. The van der Waals surface area contributed by atoms with Gasteiger partial charge < -0.3 is 10.5 Å². The molecule has 3 heteroatoms. The molecule has 0 heterocycles. The summed E-state index contributed by atoms with van der Waals surface area (Å²) in [6.45, 7) is 4.54. The third-order valence-electron chi connectivity index (χ3n) is 4.60. The lowest BCUT2D eigenvalue weighted by Gasteiger charge is -2.32. The fourth-order valence-electron chi connectivity index (χ4n) is 3.43. The maximum Gasteiger partial charge on any atom is 0.119 e. The Balaban J connectivity index is 1.96. The predicted octanol–water partition coefficient (Wildman–Crippen LogP) is 3.60. The second kappa shape index (κ2) is 8.40. The molecule has 1 atom stereocenters. The molecule has 1 fully saturated rings. The van der Waals surface area contributed by atoms with Crippen LogP contribution in [0.5, 0.6) is 5.75 Å². The SMILES string of the molecule is CCOc1ccc(C(CN)N(C)CC2CCCCC2)cc1. The van der Waals surface area contributed by atoms with Crippen LogP contribution in [-0.2, 0) is 0 Å². The lowest BCUT2D eigenvalue weighted by Crippen LogP contribution is -2.34. The Hall–Kier alpha value is -1.06. The smallest absolute Gasteiger partial charge is 0.119 e. The summed E-state index contributed by atoms with van der Waals surface area (Å²) in [7, 11) is 2.21. The first-order valence-electron chi connectivity index (χ1n) is 8.37. The minimum Gasteiger partial charge on any atom is -0.494 e. The fraction of sp³-hybridized carbons (Fsp3) is 0.667. The van der Waals surface area contributed by atoms with Gasteiger partial charge in [-0.15, -0.1) is 0 Å². The topological polar surface area (TPSA) is 38.5 Å². The Labute approximate surface area is 129 Å². The molecular weight excluding hydrogens is 260 g/mol. The Morgan fingerprint density at radius 1 is 1.19 bits per heavy atom. The van der Waals surface area contributed by atoms with Crippen molar-refractivity contribution < 1.29 is 4.74 Å². The van der Waals surface area contributed by atoms with Crippen molar-refractivity contribution in [3.05, 3.63) is 29.8 Å². The van der Waals surface area contributed by atoms with E-state index in [4.69, 9.17) is 10.5 Å². The van der Waals surface area contributed by atoms with E-state index in [1.165, 1.54) is 37.7 Å². The summed E-state index contributed by atoms with van der Waals surface area (Å²) < 4.78 is 5.51. The minimum atomic E-state index is 0.308. The Kier molecular flexibility index (Phi) is 6.52. The molecule has 0 saturated heterocycles. The van der Waals surface area contributed by atoms with E-state index in [1.54, 1.807) is 0 Å². The average molecular weight is 290 g/mol. The van der Waals surface area contributed by atoms with Gasteiger partial charge in [0.05, 0.1) is 6.61 Å². The highest BCUT2D eigenvalue weighted by Crippen LogP contribution is 2.27. The standard InChI is InChI=1S/C18H30N2O/c1-3-21-17-11-9-16(10-12-17)18(13-19)20(2)14-15-7-5-4-6-8-15/h9-12,15,18H,3-8,13-14,19H2,1-2H3. The summed E-state index contributed by atoms with van der Waals surface area (Å²) in [5.41, 5.74) is 7.33. The molecule has 1 aliphatic rings. The highest BCUT2D eigenvalue weighted by Gasteiger charge is 2.21. The first-order chi connectivity index (χ1) is 10.2. The van der Waals surface area contributed by atoms with Crippen molar-refractivity contribution in [3.8, 4) is 5.75 Å². The van der Waals surface area contributed by atoms with Gasteiger partial charge in [-0.25, -0.2) is 0 Å². The van der Waals surface area contributed by atoms with Crippen LogP contribution >= 0.6 is 0 Å². The third kappa shape index (κ3) is 4.72. The molecular formula is C18H30N2O. The number of ether oxygens (including phenoxy) is 1. The zero-order valence-corrected chi connectivity index (χ0v) is 13.6. The van der Waals surface area contributed by atoms with E-state index in [1.807, 2.05) is 6.92 Å². The van der Waals surface area contributed by atoms with Gasteiger partial charge in [0.1, 0.15) is 5.75 Å². The van der Waals surface area contributed by atoms with Crippen LogP contribution in [0.15, 0.2) is 24.3 Å². The summed E-state index contributed by atoms with van der Waals surface area (Å²) >= 11 is 0. The molecule has 21 heavy (non-hydrogen) atoms. The van der Waals surface area contributed by atoms with E-state index >= 15 is 0 Å². The van der Waals surface area contributed by atoms with Crippen molar-refractivity contribution in [1.29, 1.82) is 0 Å². The van der Waals surface area contributed by atoms with Gasteiger partial charge >= 0.3 is 0 Å². The summed E-state index contributed by atoms with van der Waals surface area (Å²) in [4.78, 5) is 2.44. The fourth-order valence-corrected chi connectivity index (χ4v) is 3.43. The Morgan fingerprint density at radius 2 is 1.86 bits per heavy atom. The molecule has 1 saturated carbocycles. The highest BCUT2D eigenvalue weighted by molar-refractivity contribution is 5.29. The van der Waals surface area contributed by atoms with E-state index in [-0.39, 0.29) is 0 Å². The number of hydrogen-bond acceptors (Lipinski definition) is 3. The summed E-state index contributed by atoms with van der Waals surface area (Å²) in [6, 6.07) is 8.72. The van der Waals surface area contributed by atoms with Gasteiger partial charge in [0.2, 0.25) is 0 Å². The van der Waals surface area contributed by atoms with Crippen LogP contribution in [0.2, 0.25) is 0 Å². The van der Waals surface area contributed by atoms with E-state index in [2.05, 4.69) is 36.2 Å². The van der Waals surface area contributed by atoms with Crippen molar-refractivity contribution in [3.63, 3.8) is 0 Å². The van der Waals surface area contributed by atoms with Crippen molar-refractivity contribution in [1.82, 2.24) is 4.90 Å². The molecule has 0 aliphatic heterocycles. The van der Waals surface area contributed by atoms with Crippen molar-refractivity contribution in [2.45, 2.75) is 45.1 Å². The van der Waals surface area contributed by atoms with Gasteiger partial charge in [-0.05, 0) is 50.4 Å². The molecule has 0 aromatic heterocycles. The molecule has 0 amide bonds. The van der Waals surface area contributed by atoms with Crippen molar-refractivity contribution >= 4 is 0 Å². The van der Waals surface area contributed by atoms with Crippen LogP contribution < -0.4 is 10.5 Å². The quantitative estimate of drug-likeness (QED) is 0.834. The monoisotopic (exact) mass is 290 g/mol. The second-order valence-electron chi connectivity index (χ2n) is 6.20. The molecule has 0 spiro atoms. The van der Waals surface area contributed by atoms with E-state index in [9.17, 15) is 0 Å². The van der Waals surface area contributed by atoms with Crippen LogP contribution in [0.3, 0.4) is 0 Å². The molecule has 2 N–H and O–H groups in total. The maximum absolute atomic E-state index is 6.03. The van der Waals surface area contributed by atoms with Gasteiger partial charge in [0, 0.05) is 19.1 Å². The van der Waals surface area contributed by atoms with Crippen LogP contribution in [0.25, 0.3) is 0 Å².